The van der Waals surface area contributed by atoms with Crippen molar-refractivity contribution in [3.8, 4) is 6.07 Å². The van der Waals surface area contributed by atoms with Crippen LogP contribution in [0.5, 0.6) is 0 Å². The fraction of sp³-hybridized carbons (Fsp3) is 0.727. The molecule has 0 aromatic carbocycles. The first-order valence-electron chi connectivity index (χ1n) is 10.6. The zero-order valence-electron chi connectivity index (χ0n) is 17.8. The average molecular weight is 403 g/mol. The largest absolute Gasteiger partial charge is 0.315 e. The summed E-state index contributed by atoms with van der Waals surface area (Å²) in [4.78, 5) is 18.6. The SMILES string of the molecule is CCCN1CCN(CC(=O)Nc2sc3c(c2C#N)CCC(C(C)(C)C)C3)CC1. The van der Waals surface area contributed by atoms with E-state index in [1.807, 2.05) is 0 Å². The van der Waals surface area contributed by atoms with Gasteiger partial charge in [0.2, 0.25) is 5.91 Å². The second kappa shape index (κ2) is 8.94. The Morgan fingerprint density at radius 2 is 1.93 bits per heavy atom. The molecule has 1 N–H and O–H groups in total. The van der Waals surface area contributed by atoms with E-state index in [4.69, 9.17) is 0 Å². The average Bonchev–Trinajstić information content (AvgIpc) is 2.98. The van der Waals surface area contributed by atoms with E-state index in [0.717, 1.165) is 57.0 Å². The molecule has 0 saturated carbocycles. The Morgan fingerprint density at radius 1 is 1.25 bits per heavy atom. The minimum atomic E-state index is 0.00594. The van der Waals surface area contributed by atoms with Crippen molar-refractivity contribution in [1.82, 2.24) is 9.80 Å². The summed E-state index contributed by atoms with van der Waals surface area (Å²) in [6.07, 6.45) is 4.27. The molecule has 1 aliphatic heterocycles. The number of carbonyl (C=O) groups is 1. The highest BCUT2D eigenvalue weighted by Gasteiger charge is 2.32. The molecule has 3 rings (SSSR count). The Hall–Kier alpha value is -1.42. The Bertz CT molecular complexity index is 735. The summed E-state index contributed by atoms with van der Waals surface area (Å²) in [6, 6.07) is 2.36. The molecule has 154 valence electrons. The summed E-state index contributed by atoms with van der Waals surface area (Å²) >= 11 is 1.62. The quantitative estimate of drug-likeness (QED) is 0.815. The number of amides is 1. The summed E-state index contributed by atoms with van der Waals surface area (Å²) in [6.45, 7) is 14.6. The summed E-state index contributed by atoms with van der Waals surface area (Å²) in [5.74, 6) is 0.638. The maximum absolute atomic E-state index is 12.6. The number of rotatable bonds is 5. The third-order valence-electron chi connectivity index (χ3n) is 6.23. The third kappa shape index (κ3) is 4.94. The number of thiophene rings is 1. The van der Waals surface area contributed by atoms with E-state index < -0.39 is 0 Å². The minimum absolute atomic E-state index is 0.00594. The van der Waals surface area contributed by atoms with Crippen molar-refractivity contribution in [2.45, 2.75) is 53.4 Å². The minimum Gasteiger partial charge on any atom is -0.315 e. The van der Waals surface area contributed by atoms with Crippen LogP contribution in [0.25, 0.3) is 0 Å². The van der Waals surface area contributed by atoms with Crippen LogP contribution >= 0.6 is 11.3 Å². The number of fused-ring (bicyclic) bond motifs is 1. The lowest BCUT2D eigenvalue weighted by atomic mass is 9.72. The Balaban J connectivity index is 1.61. The van der Waals surface area contributed by atoms with E-state index in [1.165, 1.54) is 16.9 Å². The number of carbonyl (C=O) groups excluding carboxylic acids is 1. The van der Waals surface area contributed by atoms with Crippen LogP contribution in [0.15, 0.2) is 0 Å². The zero-order chi connectivity index (χ0) is 20.3. The number of nitrogens with one attached hydrogen (secondary N) is 1. The highest BCUT2D eigenvalue weighted by molar-refractivity contribution is 7.16. The molecular formula is C22H34N4OS. The predicted molar refractivity (Wildman–Crippen MR) is 116 cm³/mol. The molecule has 0 radical (unpaired) electrons. The molecule has 1 aromatic rings. The second-order valence-corrected chi connectivity index (χ2v) is 10.4. The van der Waals surface area contributed by atoms with Crippen molar-refractivity contribution in [3.63, 3.8) is 0 Å². The molecule has 0 spiro atoms. The summed E-state index contributed by atoms with van der Waals surface area (Å²) in [7, 11) is 0. The molecule has 2 aliphatic rings. The zero-order valence-corrected chi connectivity index (χ0v) is 18.6. The van der Waals surface area contributed by atoms with Crippen LogP contribution in [0.1, 0.15) is 56.5 Å². The standard InChI is InChI=1S/C22H34N4OS/c1-5-8-25-9-11-26(12-10-25)15-20(27)24-21-18(14-23)17-7-6-16(22(2,3)4)13-19(17)28-21/h16H,5-13,15H2,1-4H3,(H,24,27). The van der Waals surface area contributed by atoms with Crippen molar-refractivity contribution in [2.75, 3.05) is 44.6 Å². The normalized spacial score (nSPS) is 21.2. The lowest BCUT2D eigenvalue weighted by molar-refractivity contribution is -0.117. The molecule has 1 saturated heterocycles. The third-order valence-corrected chi connectivity index (χ3v) is 7.40. The molecule has 1 fully saturated rings. The number of hydrogen-bond donors (Lipinski definition) is 1. The van der Waals surface area contributed by atoms with Gasteiger partial charge in [0.15, 0.2) is 0 Å². The van der Waals surface area contributed by atoms with Crippen LogP contribution in [-0.4, -0.2) is 55.0 Å². The van der Waals surface area contributed by atoms with E-state index in [2.05, 4.69) is 48.9 Å². The van der Waals surface area contributed by atoms with Gasteiger partial charge in [-0.15, -0.1) is 11.3 Å². The lowest BCUT2D eigenvalue weighted by Crippen LogP contribution is -2.48. The van der Waals surface area contributed by atoms with Crippen molar-refractivity contribution in [3.05, 3.63) is 16.0 Å². The number of nitrogens with zero attached hydrogens (tertiary/aromatic N) is 3. The molecule has 1 aromatic heterocycles. The van der Waals surface area contributed by atoms with Gasteiger partial charge in [-0.05, 0) is 49.1 Å². The molecule has 2 heterocycles. The highest BCUT2D eigenvalue weighted by Crippen LogP contribution is 2.43. The Morgan fingerprint density at radius 3 is 2.54 bits per heavy atom. The van der Waals surface area contributed by atoms with Gasteiger partial charge in [-0.2, -0.15) is 5.26 Å². The number of hydrogen-bond acceptors (Lipinski definition) is 5. The van der Waals surface area contributed by atoms with E-state index in [0.29, 0.717) is 18.0 Å². The van der Waals surface area contributed by atoms with Gasteiger partial charge in [-0.3, -0.25) is 9.69 Å². The molecule has 1 amide bonds. The maximum atomic E-state index is 12.6. The smallest absolute Gasteiger partial charge is 0.239 e. The molecule has 28 heavy (non-hydrogen) atoms. The van der Waals surface area contributed by atoms with Crippen LogP contribution in [-0.2, 0) is 17.6 Å². The van der Waals surface area contributed by atoms with Crippen LogP contribution in [0.4, 0.5) is 5.00 Å². The molecule has 0 bridgehead atoms. The molecule has 1 aliphatic carbocycles. The van der Waals surface area contributed by atoms with E-state index in [9.17, 15) is 10.1 Å². The molecular weight excluding hydrogens is 368 g/mol. The van der Waals surface area contributed by atoms with Gasteiger partial charge < -0.3 is 10.2 Å². The Kier molecular flexibility index (Phi) is 6.80. The van der Waals surface area contributed by atoms with Crippen molar-refractivity contribution in [1.29, 1.82) is 5.26 Å². The summed E-state index contributed by atoms with van der Waals surface area (Å²) < 4.78 is 0. The van der Waals surface area contributed by atoms with Gasteiger partial charge in [0.25, 0.3) is 0 Å². The summed E-state index contributed by atoms with van der Waals surface area (Å²) in [5, 5.41) is 13.5. The molecule has 1 atom stereocenters. The van der Waals surface area contributed by atoms with Gasteiger partial charge in [-0.25, -0.2) is 0 Å². The fourth-order valence-electron chi connectivity index (χ4n) is 4.39. The van der Waals surface area contributed by atoms with Crippen LogP contribution in [0, 0.1) is 22.7 Å². The predicted octanol–water partition coefficient (Wildman–Crippen LogP) is 3.74. The van der Waals surface area contributed by atoms with Crippen LogP contribution in [0.3, 0.4) is 0 Å². The number of piperazine rings is 1. The van der Waals surface area contributed by atoms with Crippen LogP contribution < -0.4 is 5.32 Å². The molecule has 5 nitrogen and oxygen atoms in total. The topological polar surface area (TPSA) is 59.4 Å². The Labute approximate surface area is 173 Å². The molecule has 6 heteroatoms. The van der Waals surface area contributed by atoms with E-state index in [-0.39, 0.29) is 11.3 Å². The van der Waals surface area contributed by atoms with E-state index in [1.54, 1.807) is 11.3 Å². The second-order valence-electron chi connectivity index (χ2n) is 9.29. The first-order valence-corrected chi connectivity index (χ1v) is 11.4. The van der Waals surface area contributed by atoms with Gasteiger partial charge in [-0.1, -0.05) is 27.7 Å². The monoisotopic (exact) mass is 402 g/mol. The first kappa shape index (κ1) is 21.3. The first-order chi connectivity index (χ1) is 13.3. The molecule has 1 unspecified atom stereocenters. The van der Waals surface area contributed by atoms with Gasteiger partial charge >= 0.3 is 0 Å². The van der Waals surface area contributed by atoms with Crippen LogP contribution in [0.2, 0.25) is 0 Å². The maximum Gasteiger partial charge on any atom is 0.239 e. The van der Waals surface area contributed by atoms with Crippen molar-refractivity contribution >= 4 is 22.2 Å². The fourth-order valence-corrected chi connectivity index (χ4v) is 5.68. The van der Waals surface area contributed by atoms with Crippen molar-refractivity contribution in [2.24, 2.45) is 11.3 Å². The number of anilines is 1. The van der Waals surface area contributed by atoms with Gasteiger partial charge in [0.05, 0.1) is 12.1 Å². The van der Waals surface area contributed by atoms with Gasteiger partial charge in [0.1, 0.15) is 11.1 Å². The number of nitriles is 1. The van der Waals surface area contributed by atoms with E-state index >= 15 is 0 Å². The summed E-state index contributed by atoms with van der Waals surface area (Å²) in [5.41, 5.74) is 2.16. The lowest BCUT2D eigenvalue weighted by Gasteiger charge is -2.34. The highest BCUT2D eigenvalue weighted by atomic mass is 32.1. The van der Waals surface area contributed by atoms with Crippen molar-refractivity contribution < 1.29 is 4.79 Å². The van der Waals surface area contributed by atoms with Gasteiger partial charge in [0, 0.05) is 31.1 Å².